The minimum Gasteiger partial charge on any atom is -0.497 e. The Bertz CT molecular complexity index is 1280. The molecular weight excluding hydrogens is 404 g/mol. The van der Waals surface area contributed by atoms with Gasteiger partial charge < -0.3 is 19.5 Å². The topological polar surface area (TPSA) is 69.7 Å². The maximum absolute atomic E-state index is 13.5. The normalized spacial score (nSPS) is 10.6. The van der Waals surface area contributed by atoms with Crippen molar-refractivity contribution in [2.75, 3.05) is 26.6 Å². The van der Waals surface area contributed by atoms with Crippen molar-refractivity contribution in [3.05, 3.63) is 77.9 Å². The number of methoxy groups -OCH3 is 3. The van der Waals surface area contributed by atoms with Crippen LogP contribution in [0.4, 0.5) is 5.69 Å². The summed E-state index contributed by atoms with van der Waals surface area (Å²) in [6, 6.07) is 20.6. The van der Waals surface area contributed by atoms with Crippen LogP contribution in [0, 0.1) is 6.92 Å². The molecular formula is C26H24N2O4. The van der Waals surface area contributed by atoms with Crippen LogP contribution < -0.4 is 19.5 Å². The van der Waals surface area contributed by atoms with E-state index in [0.717, 1.165) is 33.5 Å². The summed E-state index contributed by atoms with van der Waals surface area (Å²) in [5.74, 6) is 1.69. The lowest BCUT2D eigenvalue weighted by Gasteiger charge is -2.16. The minimum atomic E-state index is -0.237. The highest BCUT2D eigenvalue weighted by Gasteiger charge is 2.20. The van der Waals surface area contributed by atoms with Gasteiger partial charge in [-0.15, -0.1) is 0 Å². The molecule has 162 valence electrons. The summed E-state index contributed by atoms with van der Waals surface area (Å²) >= 11 is 0. The van der Waals surface area contributed by atoms with Crippen LogP contribution in [-0.2, 0) is 0 Å². The minimum absolute atomic E-state index is 0.237. The van der Waals surface area contributed by atoms with E-state index in [1.165, 1.54) is 0 Å². The summed E-state index contributed by atoms with van der Waals surface area (Å²) in [6.45, 7) is 1.92. The summed E-state index contributed by atoms with van der Waals surface area (Å²) in [4.78, 5) is 18.4. The van der Waals surface area contributed by atoms with Gasteiger partial charge in [-0.05, 0) is 55.0 Å². The fourth-order valence-electron chi connectivity index (χ4n) is 3.72. The standard InChI is InChI=1S/C26H24N2O4/c1-16-24(26(29)28-22-14-13-19(31-3)15-23(22)32-4)20-7-5-6-8-21(20)27-25(16)17-9-11-18(30-2)12-10-17/h5-15H,1-4H3,(H,28,29). The summed E-state index contributed by atoms with van der Waals surface area (Å²) in [5.41, 5.74) is 4.32. The highest BCUT2D eigenvalue weighted by Crippen LogP contribution is 2.33. The quantitative estimate of drug-likeness (QED) is 0.440. The molecule has 1 aromatic heterocycles. The number of fused-ring (bicyclic) bond motifs is 1. The van der Waals surface area contributed by atoms with E-state index in [9.17, 15) is 4.79 Å². The molecule has 0 spiro atoms. The highest BCUT2D eigenvalue weighted by molar-refractivity contribution is 6.14. The van der Waals surface area contributed by atoms with E-state index in [1.54, 1.807) is 39.5 Å². The first-order chi connectivity index (χ1) is 15.5. The molecule has 1 heterocycles. The van der Waals surface area contributed by atoms with Crippen LogP contribution in [0.5, 0.6) is 17.2 Å². The zero-order chi connectivity index (χ0) is 22.7. The molecule has 0 fully saturated rings. The molecule has 3 aromatic carbocycles. The Morgan fingerprint density at radius 2 is 1.53 bits per heavy atom. The van der Waals surface area contributed by atoms with Crippen molar-refractivity contribution in [1.29, 1.82) is 0 Å². The van der Waals surface area contributed by atoms with Gasteiger partial charge in [-0.25, -0.2) is 4.98 Å². The van der Waals surface area contributed by atoms with Crippen molar-refractivity contribution >= 4 is 22.5 Å². The molecule has 0 aliphatic heterocycles. The first-order valence-electron chi connectivity index (χ1n) is 10.1. The third-order valence-electron chi connectivity index (χ3n) is 5.38. The lowest BCUT2D eigenvalue weighted by Crippen LogP contribution is -2.16. The Hall–Kier alpha value is -4.06. The highest BCUT2D eigenvalue weighted by atomic mass is 16.5. The number of anilines is 1. The van der Waals surface area contributed by atoms with E-state index in [0.29, 0.717) is 22.7 Å². The van der Waals surface area contributed by atoms with Crippen molar-refractivity contribution in [2.24, 2.45) is 0 Å². The number of amides is 1. The SMILES string of the molecule is COc1ccc(-c2nc3ccccc3c(C(=O)Nc3ccc(OC)cc3OC)c2C)cc1. The number of pyridine rings is 1. The number of hydrogen-bond acceptors (Lipinski definition) is 5. The van der Waals surface area contributed by atoms with Crippen LogP contribution in [0.15, 0.2) is 66.7 Å². The third-order valence-corrected chi connectivity index (χ3v) is 5.38. The van der Waals surface area contributed by atoms with E-state index >= 15 is 0 Å². The summed E-state index contributed by atoms with van der Waals surface area (Å²) in [7, 11) is 4.77. The van der Waals surface area contributed by atoms with Crippen molar-refractivity contribution < 1.29 is 19.0 Å². The fourth-order valence-corrected chi connectivity index (χ4v) is 3.72. The van der Waals surface area contributed by atoms with Crippen LogP contribution in [0.3, 0.4) is 0 Å². The molecule has 0 saturated carbocycles. The van der Waals surface area contributed by atoms with Gasteiger partial charge in [0.2, 0.25) is 0 Å². The Morgan fingerprint density at radius 1 is 0.844 bits per heavy atom. The molecule has 0 aliphatic rings. The number of nitrogens with zero attached hydrogens (tertiary/aromatic N) is 1. The van der Waals surface area contributed by atoms with Gasteiger partial charge in [-0.1, -0.05) is 18.2 Å². The summed E-state index contributed by atoms with van der Waals surface area (Å²) in [5, 5.41) is 3.78. The number of aromatic nitrogens is 1. The van der Waals surface area contributed by atoms with Gasteiger partial charge in [0.05, 0.1) is 43.8 Å². The number of nitrogens with one attached hydrogen (secondary N) is 1. The van der Waals surface area contributed by atoms with Gasteiger partial charge in [-0.2, -0.15) is 0 Å². The number of rotatable bonds is 6. The number of para-hydroxylation sites is 1. The van der Waals surface area contributed by atoms with Gasteiger partial charge in [0.25, 0.3) is 5.91 Å². The summed E-state index contributed by atoms with van der Waals surface area (Å²) in [6.07, 6.45) is 0. The molecule has 1 N–H and O–H groups in total. The van der Waals surface area contributed by atoms with Crippen LogP contribution in [0.1, 0.15) is 15.9 Å². The van der Waals surface area contributed by atoms with Crippen LogP contribution in [0.25, 0.3) is 22.2 Å². The van der Waals surface area contributed by atoms with Crippen LogP contribution in [-0.4, -0.2) is 32.2 Å². The molecule has 0 unspecified atom stereocenters. The average Bonchev–Trinajstić information content (AvgIpc) is 2.83. The molecule has 0 aliphatic carbocycles. The third kappa shape index (κ3) is 3.95. The first-order valence-corrected chi connectivity index (χ1v) is 10.1. The Balaban J connectivity index is 1.82. The number of benzene rings is 3. The second-order valence-electron chi connectivity index (χ2n) is 7.23. The lowest BCUT2D eigenvalue weighted by molar-refractivity contribution is 0.102. The molecule has 4 aromatic rings. The molecule has 32 heavy (non-hydrogen) atoms. The molecule has 6 heteroatoms. The van der Waals surface area contributed by atoms with Gasteiger partial charge in [0.15, 0.2) is 0 Å². The Morgan fingerprint density at radius 3 is 2.22 bits per heavy atom. The molecule has 4 rings (SSSR count). The summed E-state index contributed by atoms with van der Waals surface area (Å²) < 4.78 is 16.0. The monoisotopic (exact) mass is 428 g/mol. The van der Waals surface area contributed by atoms with Gasteiger partial charge in [-0.3, -0.25) is 4.79 Å². The second kappa shape index (κ2) is 8.98. The van der Waals surface area contributed by atoms with Gasteiger partial charge in [0, 0.05) is 17.0 Å². The Kier molecular flexibility index (Phi) is 5.94. The number of carbonyl (C=O) groups is 1. The van der Waals surface area contributed by atoms with E-state index in [-0.39, 0.29) is 5.91 Å². The molecule has 1 amide bonds. The first kappa shape index (κ1) is 21.2. The zero-order valence-corrected chi connectivity index (χ0v) is 18.4. The lowest BCUT2D eigenvalue weighted by atomic mass is 9.97. The predicted octanol–water partition coefficient (Wildman–Crippen LogP) is 5.49. The molecule has 0 atom stereocenters. The fraction of sp³-hybridized carbons (Fsp3) is 0.154. The Labute approximate surface area is 186 Å². The maximum Gasteiger partial charge on any atom is 0.256 e. The predicted molar refractivity (Wildman–Crippen MR) is 126 cm³/mol. The van der Waals surface area contributed by atoms with E-state index in [4.69, 9.17) is 19.2 Å². The molecule has 0 saturated heterocycles. The van der Waals surface area contributed by atoms with E-state index in [2.05, 4.69) is 5.32 Å². The smallest absolute Gasteiger partial charge is 0.256 e. The number of ether oxygens (including phenoxy) is 3. The van der Waals surface area contributed by atoms with E-state index in [1.807, 2.05) is 55.5 Å². The van der Waals surface area contributed by atoms with Gasteiger partial charge in [0.1, 0.15) is 17.2 Å². The molecule has 0 bridgehead atoms. The van der Waals surface area contributed by atoms with Crippen LogP contribution >= 0.6 is 0 Å². The van der Waals surface area contributed by atoms with Crippen molar-refractivity contribution in [3.63, 3.8) is 0 Å². The van der Waals surface area contributed by atoms with Crippen molar-refractivity contribution in [2.45, 2.75) is 6.92 Å². The average molecular weight is 428 g/mol. The maximum atomic E-state index is 13.5. The zero-order valence-electron chi connectivity index (χ0n) is 18.4. The molecule has 6 nitrogen and oxygen atoms in total. The van der Waals surface area contributed by atoms with Gasteiger partial charge >= 0.3 is 0 Å². The number of hydrogen-bond donors (Lipinski definition) is 1. The van der Waals surface area contributed by atoms with Crippen molar-refractivity contribution in [1.82, 2.24) is 4.98 Å². The second-order valence-corrected chi connectivity index (χ2v) is 7.23. The van der Waals surface area contributed by atoms with Crippen LogP contribution in [0.2, 0.25) is 0 Å². The number of carbonyl (C=O) groups excluding carboxylic acids is 1. The van der Waals surface area contributed by atoms with Crippen molar-refractivity contribution in [3.8, 4) is 28.5 Å². The largest absolute Gasteiger partial charge is 0.497 e. The molecule has 0 radical (unpaired) electrons. The van der Waals surface area contributed by atoms with E-state index < -0.39 is 0 Å².